The van der Waals surface area contributed by atoms with Crippen LogP contribution >= 0.6 is 0 Å². The molecule has 0 bridgehead atoms. The van der Waals surface area contributed by atoms with Crippen LogP contribution in [0.5, 0.6) is 0 Å². The summed E-state index contributed by atoms with van der Waals surface area (Å²) in [6, 6.07) is -1.17. The van der Waals surface area contributed by atoms with E-state index < -0.39 is 23.3 Å². The standard InChI is InChI=1S/C9H13N3O4/c1-2-5-3-12(4-6(10)8(14)15)9(16)11-7(5)13/h3,6H,2,4,10H2,1H3,(H,14,15)(H,11,13,16). The van der Waals surface area contributed by atoms with Gasteiger partial charge in [0.25, 0.3) is 5.56 Å². The maximum Gasteiger partial charge on any atom is 0.328 e. The molecule has 0 aliphatic heterocycles. The number of carboxylic acid groups (broad SMARTS) is 1. The van der Waals surface area contributed by atoms with Gasteiger partial charge >= 0.3 is 11.7 Å². The molecule has 0 aliphatic carbocycles. The predicted octanol–water partition coefficient (Wildman–Crippen LogP) is -1.49. The second kappa shape index (κ2) is 4.75. The number of aromatic nitrogens is 2. The van der Waals surface area contributed by atoms with Crippen LogP contribution in [0.15, 0.2) is 15.8 Å². The van der Waals surface area contributed by atoms with Gasteiger partial charge in [-0.05, 0) is 6.42 Å². The number of carbonyl (C=O) groups is 1. The second-order valence-electron chi connectivity index (χ2n) is 3.36. The average molecular weight is 227 g/mol. The Balaban J connectivity index is 3.10. The molecule has 0 aliphatic rings. The summed E-state index contributed by atoms with van der Waals surface area (Å²) in [5, 5.41) is 8.60. The van der Waals surface area contributed by atoms with Gasteiger partial charge in [-0.15, -0.1) is 0 Å². The van der Waals surface area contributed by atoms with Crippen LogP contribution in [-0.2, 0) is 17.8 Å². The Bertz CT molecular complexity index is 502. The van der Waals surface area contributed by atoms with E-state index >= 15 is 0 Å². The Kier molecular flexibility index (Phi) is 3.62. The van der Waals surface area contributed by atoms with Gasteiger partial charge in [0.05, 0.1) is 6.54 Å². The molecule has 0 spiro atoms. The minimum Gasteiger partial charge on any atom is -0.480 e. The number of aromatic amines is 1. The van der Waals surface area contributed by atoms with Gasteiger partial charge in [-0.2, -0.15) is 0 Å². The molecule has 16 heavy (non-hydrogen) atoms. The number of carboxylic acids is 1. The van der Waals surface area contributed by atoms with Crippen LogP contribution in [0, 0.1) is 0 Å². The molecule has 1 atom stereocenters. The lowest BCUT2D eigenvalue weighted by Gasteiger charge is -2.09. The molecule has 1 rings (SSSR count). The van der Waals surface area contributed by atoms with Gasteiger partial charge in [0.15, 0.2) is 0 Å². The van der Waals surface area contributed by atoms with Crippen LogP contribution in [0.1, 0.15) is 12.5 Å². The first-order chi connectivity index (χ1) is 7.45. The maximum atomic E-state index is 11.3. The van der Waals surface area contributed by atoms with Crippen LogP contribution in [-0.4, -0.2) is 26.7 Å². The number of H-pyrrole nitrogens is 1. The van der Waals surface area contributed by atoms with Crippen molar-refractivity contribution >= 4 is 5.97 Å². The fourth-order valence-corrected chi connectivity index (χ4v) is 1.23. The number of aryl methyl sites for hydroxylation is 1. The van der Waals surface area contributed by atoms with Gasteiger partial charge in [-0.1, -0.05) is 6.92 Å². The Morgan fingerprint density at radius 2 is 2.25 bits per heavy atom. The third-order valence-corrected chi connectivity index (χ3v) is 2.18. The van der Waals surface area contributed by atoms with Crippen molar-refractivity contribution in [2.75, 3.05) is 0 Å². The lowest BCUT2D eigenvalue weighted by molar-refractivity contribution is -0.138. The molecule has 1 heterocycles. The molecule has 0 saturated heterocycles. The van der Waals surface area contributed by atoms with Crippen molar-refractivity contribution in [1.82, 2.24) is 9.55 Å². The van der Waals surface area contributed by atoms with Crippen LogP contribution in [0.4, 0.5) is 0 Å². The molecular weight excluding hydrogens is 214 g/mol. The highest BCUT2D eigenvalue weighted by Gasteiger charge is 2.13. The first kappa shape index (κ1) is 12.2. The van der Waals surface area contributed by atoms with Gasteiger partial charge in [0.1, 0.15) is 6.04 Å². The zero-order chi connectivity index (χ0) is 12.3. The highest BCUT2D eigenvalue weighted by atomic mass is 16.4. The highest BCUT2D eigenvalue weighted by Crippen LogP contribution is 1.91. The number of nitrogens with two attached hydrogens (primary N) is 1. The smallest absolute Gasteiger partial charge is 0.328 e. The molecule has 1 unspecified atom stereocenters. The normalized spacial score (nSPS) is 12.4. The van der Waals surface area contributed by atoms with Crippen molar-refractivity contribution in [3.63, 3.8) is 0 Å². The molecular formula is C9H13N3O4. The Morgan fingerprint density at radius 3 is 2.75 bits per heavy atom. The van der Waals surface area contributed by atoms with E-state index in [1.165, 1.54) is 6.20 Å². The lowest BCUT2D eigenvalue weighted by atomic mass is 10.2. The Labute approximate surface area is 90.5 Å². The monoisotopic (exact) mass is 227 g/mol. The molecule has 0 radical (unpaired) electrons. The number of hydrogen-bond acceptors (Lipinski definition) is 4. The lowest BCUT2D eigenvalue weighted by Crippen LogP contribution is -2.40. The fourth-order valence-electron chi connectivity index (χ4n) is 1.23. The maximum absolute atomic E-state index is 11.3. The zero-order valence-corrected chi connectivity index (χ0v) is 8.77. The van der Waals surface area contributed by atoms with Gasteiger partial charge in [0.2, 0.25) is 0 Å². The number of nitrogens with one attached hydrogen (secondary N) is 1. The van der Waals surface area contributed by atoms with Crippen molar-refractivity contribution in [1.29, 1.82) is 0 Å². The molecule has 7 nitrogen and oxygen atoms in total. The van der Waals surface area contributed by atoms with E-state index in [0.29, 0.717) is 12.0 Å². The summed E-state index contributed by atoms with van der Waals surface area (Å²) < 4.78 is 1.10. The van der Waals surface area contributed by atoms with Crippen LogP contribution in [0.2, 0.25) is 0 Å². The summed E-state index contributed by atoms with van der Waals surface area (Å²) in [7, 11) is 0. The molecule has 0 saturated carbocycles. The van der Waals surface area contributed by atoms with Crippen molar-refractivity contribution < 1.29 is 9.90 Å². The van der Waals surface area contributed by atoms with Crippen molar-refractivity contribution in [2.24, 2.45) is 5.73 Å². The van der Waals surface area contributed by atoms with Gasteiger partial charge in [-0.3, -0.25) is 19.1 Å². The zero-order valence-electron chi connectivity index (χ0n) is 8.77. The SMILES string of the molecule is CCc1cn(CC(N)C(=O)O)c(=O)[nH]c1=O. The van der Waals surface area contributed by atoms with Gasteiger partial charge in [0, 0.05) is 11.8 Å². The van der Waals surface area contributed by atoms with E-state index in [0.717, 1.165) is 4.57 Å². The van der Waals surface area contributed by atoms with Crippen LogP contribution in [0.25, 0.3) is 0 Å². The summed E-state index contributed by atoms with van der Waals surface area (Å²) >= 11 is 0. The Hall–Kier alpha value is -1.89. The number of rotatable bonds is 4. The molecule has 0 amide bonds. The van der Waals surface area contributed by atoms with Crippen molar-refractivity contribution in [3.05, 3.63) is 32.6 Å². The number of hydrogen-bond donors (Lipinski definition) is 3. The van der Waals surface area contributed by atoms with E-state index in [9.17, 15) is 14.4 Å². The van der Waals surface area contributed by atoms with Crippen LogP contribution < -0.4 is 17.0 Å². The topological polar surface area (TPSA) is 118 Å². The summed E-state index contributed by atoms with van der Waals surface area (Å²) in [6.07, 6.45) is 1.79. The minimum absolute atomic E-state index is 0.169. The largest absolute Gasteiger partial charge is 0.480 e. The summed E-state index contributed by atoms with van der Waals surface area (Å²) in [5.74, 6) is -1.20. The first-order valence-corrected chi connectivity index (χ1v) is 4.76. The quantitative estimate of drug-likeness (QED) is 0.579. The molecule has 1 aromatic heterocycles. The molecule has 0 fully saturated rings. The molecule has 88 valence electrons. The van der Waals surface area contributed by atoms with E-state index in [4.69, 9.17) is 10.8 Å². The number of nitrogens with zero attached hydrogens (tertiary/aromatic N) is 1. The van der Waals surface area contributed by atoms with Gasteiger partial charge in [-0.25, -0.2) is 4.79 Å². The van der Waals surface area contributed by atoms with Gasteiger partial charge < -0.3 is 10.8 Å². The summed E-state index contributed by atoms with van der Waals surface area (Å²) in [4.78, 5) is 35.2. The highest BCUT2D eigenvalue weighted by molar-refractivity contribution is 5.72. The Morgan fingerprint density at radius 1 is 1.62 bits per heavy atom. The summed E-state index contributed by atoms with van der Waals surface area (Å²) in [5.41, 5.74) is 4.60. The van der Waals surface area contributed by atoms with E-state index in [2.05, 4.69) is 4.98 Å². The molecule has 7 heteroatoms. The first-order valence-electron chi connectivity index (χ1n) is 4.76. The van der Waals surface area contributed by atoms with Crippen molar-refractivity contribution in [3.8, 4) is 0 Å². The molecule has 0 aromatic carbocycles. The molecule has 1 aromatic rings. The third-order valence-electron chi connectivity index (χ3n) is 2.18. The second-order valence-corrected chi connectivity index (χ2v) is 3.36. The van der Waals surface area contributed by atoms with Crippen molar-refractivity contribution in [2.45, 2.75) is 25.9 Å². The van der Waals surface area contributed by atoms with E-state index in [-0.39, 0.29) is 6.54 Å². The predicted molar refractivity (Wildman–Crippen MR) is 56.3 cm³/mol. The van der Waals surface area contributed by atoms with Crippen LogP contribution in [0.3, 0.4) is 0 Å². The van der Waals surface area contributed by atoms with E-state index in [1.807, 2.05) is 0 Å². The number of aliphatic carboxylic acids is 1. The third kappa shape index (κ3) is 2.57. The average Bonchev–Trinajstić information content (AvgIpc) is 2.21. The van der Waals surface area contributed by atoms with E-state index in [1.54, 1.807) is 6.92 Å². The fraction of sp³-hybridized carbons (Fsp3) is 0.444. The summed E-state index contributed by atoms with van der Waals surface area (Å²) in [6.45, 7) is 1.59. The minimum atomic E-state index is -1.20. The molecule has 4 N–H and O–H groups in total.